The molecule has 16 heavy (non-hydrogen) atoms. The fraction of sp³-hybridized carbons (Fsp3) is 0.385. The summed E-state index contributed by atoms with van der Waals surface area (Å²) in [6.07, 6.45) is 0. The Balaban J connectivity index is 2.85. The van der Waals surface area contributed by atoms with Crippen LogP contribution in [0.3, 0.4) is 0 Å². The fourth-order valence-corrected chi connectivity index (χ4v) is 1.40. The zero-order valence-corrected chi connectivity index (χ0v) is 9.70. The molecule has 0 amide bonds. The smallest absolute Gasteiger partial charge is 0.128 e. The molecule has 1 unspecified atom stereocenters. The van der Waals surface area contributed by atoms with Gasteiger partial charge in [-0.1, -0.05) is 5.92 Å². The third kappa shape index (κ3) is 3.04. The molecule has 1 N–H and O–H groups in total. The molecule has 1 aromatic carbocycles. The van der Waals surface area contributed by atoms with Gasteiger partial charge in [0.1, 0.15) is 11.6 Å². The second kappa shape index (κ2) is 5.62. The van der Waals surface area contributed by atoms with Crippen molar-refractivity contribution in [3.63, 3.8) is 0 Å². The van der Waals surface area contributed by atoms with Crippen LogP contribution in [0.2, 0.25) is 0 Å². The third-order valence-corrected chi connectivity index (χ3v) is 2.42. The molecule has 0 heterocycles. The van der Waals surface area contributed by atoms with Gasteiger partial charge in [-0.05, 0) is 38.5 Å². The summed E-state index contributed by atoms with van der Waals surface area (Å²) in [5.41, 5.74) is 0.655. The first kappa shape index (κ1) is 12.7. The average molecular weight is 223 g/mol. The summed E-state index contributed by atoms with van der Waals surface area (Å²) in [4.78, 5) is 0. The molecular weight excluding hydrogens is 208 g/mol. The van der Waals surface area contributed by atoms with Gasteiger partial charge in [-0.15, -0.1) is 5.92 Å². The monoisotopic (exact) mass is 223 g/mol. The molecule has 0 aromatic heterocycles. The zero-order chi connectivity index (χ0) is 12.1. The molecule has 3 heteroatoms. The van der Waals surface area contributed by atoms with Crippen molar-refractivity contribution in [2.45, 2.75) is 26.8 Å². The largest absolute Gasteiger partial charge is 0.299 e. The van der Waals surface area contributed by atoms with Crippen molar-refractivity contribution >= 4 is 0 Å². The fourth-order valence-electron chi connectivity index (χ4n) is 1.40. The lowest BCUT2D eigenvalue weighted by atomic mass is 10.1. The molecule has 1 rings (SSSR count). The second-order valence-corrected chi connectivity index (χ2v) is 3.65. The molecule has 0 spiro atoms. The van der Waals surface area contributed by atoms with Crippen molar-refractivity contribution in [1.29, 1.82) is 0 Å². The van der Waals surface area contributed by atoms with E-state index >= 15 is 0 Å². The van der Waals surface area contributed by atoms with Gasteiger partial charge in [0, 0.05) is 11.6 Å². The molecule has 0 saturated carbocycles. The van der Waals surface area contributed by atoms with Crippen LogP contribution in [0, 0.1) is 30.4 Å². The third-order valence-electron chi connectivity index (χ3n) is 2.42. The quantitative estimate of drug-likeness (QED) is 0.777. The highest BCUT2D eigenvalue weighted by Crippen LogP contribution is 2.20. The highest BCUT2D eigenvalue weighted by atomic mass is 19.1. The molecule has 0 aliphatic heterocycles. The Kier molecular flexibility index (Phi) is 4.45. The van der Waals surface area contributed by atoms with Crippen molar-refractivity contribution in [3.8, 4) is 11.8 Å². The molecular formula is C13H15F2N. The Hall–Kier alpha value is -1.40. The van der Waals surface area contributed by atoms with Gasteiger partial charge in [-0.25, -0.2) is 8.78 Å². The Morgan fingerprint density at radius 1 is 1.31 bits per heavy atom. The summed E-state index contributed by atoms with van der Waals surface area (Å²) in [6, 6.07) is 2.20. The number of hydrogen-bond donors (Lipinski definition) is 1. The van der Waals surface area contributed by atoms with E-state index in [0.717, 1.165) is 0 Å². The maximum absolute atomic E-state index is 13.5. The van der Waals surface area contributed by atoms with Crippen molar-refractivity contribution in [3.05, 3.63) is 34.9 Å². The van der Waals surface area contributed by atoms with Crippen LogP contribution < -0.4 is 5.32 Å². The molecule has 0 aliphatic carbocycles. The molecule has 0 aliphatic rings. The van der Waals surface area contributed by atoms with Crippen molar-refractivity contribution < 1.29 is 8.78 Å². The van der Waals surface area contributed by atoms with Crippen LogP contribution >= 0.6 is 0 Å². The molecule has 1 nitrogen and oxygen atoms in total. The molecule has 0 saturated heterocycles. The van der Waals surface area contributed by atoms with Crippen LogP contribution in [0.5, 0.6) is 0 Å². The minimum atomic E-state index is -0.386. The van der Waals surface area contributed by atoms with Crippen LogP contribution in [0.15, 0.2) is 12.1 Å². The first-order valence-electron chi connectivity index (χ1n) is 5.14. The Morgan fingerprint density at radius 3 is 2.62 bits per heavy atom. The van der Waals surface area contributed by atoms with Crippen molar-refractivity contribution in [1.82, 2.24) is 5.32 Å². The van der Waals surface area contributed by atoms with Crippen LogP contribution in [0.25, 0.3) is 0 Å². The van der Waals surface area contributed by atoms with Gasteiger partial charge in [-0.2, -0.15) is 0 Å². The predicted octanol–water partition coefficient (Wildman–Crippen LogP) is 2.95. The number of nitrogens with one attached hydrogen (secondary N) is 1. The van der Waals surface area contributed by atoms with E-state index in [1.54, 1.807) is 20.8 Å². The lowest BCUT2D eigenvalue weighted by molar-refractivity contribution is 0.535. The molecule has 1 aromatic rings. The Morgan fingerprint density at radius 2 is 2.00 bits per heavy atom. The normalized spacial score (nSPS) is 11.8. The summed E-state index contributed by atoms with van der Waals surface area (Å²) in [6.45, 7) is 5.53. The summed E-state index contributed by atoms with van der Waals surface area (Å²) >= 11 is 0. The maximum atomic E-state index is 13.5. The van der Waals surface area contributed by atoms with E-state index in [1.807, 2.05) is 0 Å². The summed E-state index contributed by atoms with van der Waals surface area (Å²) < 4.78 is 26.8. The van der Waals surface area contributed by atoms with E-state index in [9.17, 15) is 8.78 Å². The number of benzene rings is 1. The van der Waals surface area contributed by atoms with Gasteiger partial charge in [0.2, 0.25) is 0 Å². The zero-order valence-electron chi connectivity index (χ0n) is 9.70. The first-order valence-corrected chi connectivity index (χ1v) is 5.14. The average Bonchev–Trinajstić information content (AvgIpc) is 2.23. The van der Waals surface area contributed by atoms with E-state index in [0.29, 0.717) is 17.7 Å². The molecule has 0 radical (unpaired) electrons. The van der Waals surface area contributed by atoms with Gasteiger partial charge in [0.15, 0.2) is 0 Å². The highest BCUT2D eigenvalue weighted by Gasteiger charge is 2.12. The highest BCUT2D eigenvalue weighted by molar-refractivity contribution is 5.27. The van der Waals surface area contributed by atoms with Crippen LogP contribution in [-0.4, -0.2) is 6.54 Å². The van der Waals surface area contributed by atoms with Gasteiger partial charge in [0.05, 0.1) is 6.54 Å². The number of rotatable bonds is 3. The lowest BCUT2D eigenvalue weighted by Gasteiger charge is -2.14. The van der Waals surface area contributed by atoms with Crippen LogP contribution in [-0.2, 0) is 0 Å². The maximum Gasteiger partial charge on any atom is 0.128 e. The lowest BCUT2D eigenvalue weighted by Crippen LogP contribution is -2.20. The van der Waals surface area contributed by atoms with Gasteiger partial charge in [-0.3, -0.25) is 5.32 Å². The van der Waals surface area contributed by atoms with Gasteiger partial charge in [0.25, 0.3) is 0 Å². The van der Waals surface area contributed by atoms with E-state index in [4.69, 9.17) is 0 Å². The van der Waals surface area contributed by atoms with E-state index in [2.05, 4.69) is 17.2 Å². The molecule has 0 fully saturated rings. The van der Waals surface area contributed by atoms with Crippen molar-refractivity contribution in [2.75, 3.05) is 6.54 Å². The van der Waals surface area contributed by atoms with E-state index in [-0.39, 0.29) is 17.7 Å². The minimum Gasteiger partial charge on any atom is -0.299 e. The van der Waals surface area contributed by atoms with E-state index in [1.165, 1.54) is 12.1 Å². The van der Waals surface area contributed by atoms with Crippen LogP contribution in [0.4, 0.5) is 8.78 Å². The van der Waals surface area contributed by atoms with Gasteiger partial charge < -0.3 is 0 Å². The van der Waals surface area contributed by atoms with Gasteiger partial charge >= 0.3 is 0 Å². The Bertz CT molecular complexity index is 430. The van der Waals surface area contributed by atoms with Crippen molar-refractivity contribution in [2.24, 2.45) is 0 Å². The summed E-state index contributed by atoms with van der Waals surface area (Å²) in [7, 11) is 0. The SMILES string of the molecule is CC#CCNC(C)c1cc(F)c(C)cc1F. The van der Waals surface area contributed by atoms with Crippen LogP contribution in [0.1, 0.15) is 31.0 Å². The number of aryl methyl sites for hydroxylation is 1. The van der Waals surface area contributed by atoms with E-state index < -0.39 is 0 Å². The molecule has 1 atom stereocenters. The minimum absolute atomic E-state index is 0.254. The Labute approximate surface area is 94.9 Å². The summed E-state index contributed by atoms with van der Waals surface area (Å²) in [5.74, 6) is 4.78. The second-order valence-electron chi connectivity index (χ2n) is 3.65. The predicted molar refractivity (Wildman–Crippen MR) is 61.0 cm³/mol. The number of halogens is 2. The molecule has 86 valence electrons. The first-order chi connectivity index (χ1) is 7.56. The number of hydrogen-bond acceptors (Lipinski definition) is 1. The standard InChI is InChI=1S/C13H15F2N/c1-4-5-6-16-10(3)11-8-12(14)9(2)7-13(11)15/h7-8,10,16H,6H2,1-3H3. The summed E-state index contributed by atoms with van der Waals surface area (Å²) in [5, 5.41) is 3.01. The topological polar surface area (TPSA) is 12.0 Å². The molecule has 0 bridgehead atoms.